The van der Waals surface area contributed by atoms with Gasteiger partial charge in [-0.2, -0.15) is 0 Å². The van der Waals surface area contributed by atoms with Gasteiger partial charge in [0.2, 0.25) is 0 Å². The van der Waals surface area contributed by atoms with Gasteiger partial charge in [0.15, 0.2) is 0 Å². The fourth-order valence-electron chi connectivity index (χ4n) is 1.86. The van der Waals surface area contributed by atoms with Crippen LogP contribution in [0.4, 0.5) is 5.69 Å². The Morgan fingerprint density at radius 1 is 1.33 bits per heavy atom. The maximum Gasteiger partial charge on any atom is 0.150 e. The molecule has 0 atom stereocenters. The molecular weight excluding hydrogens is 186 g/mol. The van der Waals surface area contributed by atoms with Gasteiger partial charge < -0.3 is 4.90 Å². The summed E-state index contributed by atoms with van der Waals surface area (Å²) < 4.78 is 0. The van der Waals surface area contributed by atoms with Crippen LogP contribution in [-0.2, 0) is 0 Å². The van der Waals surface area contributed by atoms with Gasteiger partial charge >= 0.3 is 0 Å². The fraction of sp³-hybridized carbons (Fsp3) is 0.308. The van der Waals surface area contributed by atoms with Gasteiger partial charge in [0.05, 0.1) is 0 Å². The number of nitrogens with zero attached hydrogens (tertiary/aromatic N) is 1. The second-order valence-corrected chi connectivity index (χ2v) is 3.86. The fourth-order valence-corrected chi connectivity index (χ4v) is 1.86. The minimum atomic E-state index is 0.784. The van der Waals surface area contributed by atoms with Gasteiger partial charge in [0.25, 0.3) is 0 Å². The summed E-state index contributed by atoms with van der Waals surface area (Å²) in [7, 11) is 0. The van der Waals surface area contributed by atoms with Crippen LogP contribution >= 0.6 is 0 Å². The lowest BCUT2D eigenvalue weighted by Crippen LogP contribution is -2.26. The molecule has 1 heterocycles. The van der Waals surface area contributed by atoms with Gasteiger partial charge in [-0.25, -0.2) is 0 Å². The normalized spacial score (nSPS) is 15.4. The summed E-state index contributed by atoms with van der Waals surface area (Å²) in [6.07, 6.45) is 6.42. The Balaban J connectivity index is 2.25. The summed E-state index contributed by atoms with van der Waals surface area (Å²) in [5, 5.41) is 0. The summed E-state index contributed by atoms with van der Waals surface area (Å²) in [5.41, 5.74) is 3.05. The van der Waals surface area contributed by atoms with Crippen molar-refractivity contribution in [1.29, 1.82) is 0 Å². The molecule has 0 fully saturated rings. The molecular formula is C13H15NO. The molecule has 0 bridgehead atoms. The molecule has 1 aliphatic rings. The summed E-state index contributed by atoms with van der Waals surface area (Å²) in [6, 6.07) is 6.01. The molecule has 1 aromatic carbocycles. The van der Waals surface area contributed by atoms with Crippen molar-refractivity contribution < 1.29 is 4.79 Å². The predicted octanol–water partition coefficient (Wildman–Crippen LogP) is 2.57. The van der Waals surface area contributed by atoms with Gasteiger partial charge in [-0.05, 0) is 37.1 Å². The molecule has 0 aliphatic carbocycles. The summed E-state index contributed by atoms with van der Waals surface area (Å²) in [6.45, 7) is 4.02. The number of hydrogen-bond acceptors (Lipinski definition) is 2. The van der Waals surface area contributed by atoms with Gasteiger partial charge in [-0.1, -0.05) is 12.2 Å². The molecule has 0 radical (unpaired) electrons. The standard InChI is InChI=1S/C13H15NO/c1-11-9-13(6-5-12(11)10-15)14-7-3-2-4-8-14/h2-3,5-6,9-10H,4,7-8H2,1H3. The van der Waals surface area contributed by atoms with E-state index in [1.54, 1.807) is 0 Å². The van der Waals surface area contributed by atoms with Crippen LogP contribution in [0.25, 0.3) is 0 Å². The van der Waals surface area contributed by atoms with Gasteiger partial charge in [0, 0.05) is 24.3 Å². The number of aldehydes is 1. The Hall–Kier alpha value is -1.57. The number of benzene rings is 1. The van der Waals surface area contributed by atoms with Crippen LogP contribution in [0.2, 0.25) is 0 Å². The Bertz CT molecular complexity index is 396. The Morgan fingerprint density at radius 3 is 2.80 bits per heavy atom. The number of carbonyl (C=O) groups is 1. The molecule has 0 saturated heterocycles. The first-order chi connectivity index (χ1) is 7.31. The molecule has 0 unspecified atom stereocenters. The van der Waals surface area contributed by atoms with Crippen LogP contribution in [0.15, 0.2) is 30.4 Å². The number of anilines is 1. The molecule has 0 N–H and O–H groups in total. The third-order valence-corrected chi connectivity index (χ3v) is 2.80. The van der Waals surface area contributed by atoms with Crippen molar-refractivity contribution in [2.24, 2.45) is 0 Å². The van der Waals surface area contributed by atoms with Gasteiger partial charge in [-0.3, -0.25) is 4.79 Å². The van der Waals surface area contributed by atoms with E-state index >= 15 is 0 Å². The highest BCUT2D eigenvalue weighted by Crippen LogP contribution is 2.20. The Labute approximate surface area is 90.2 Å². The predicted molar refractivity (Wildman–Crippen MR) is 62.5 cm³/mol. The molecule has 15 heavy (non-hydrogen) atoms. The largest absolute Gasteiger partial charge is 0.367 e. The zero-order chi connectivity index (χ0) is 10.7. The van der Waals surface area contributed by atoms with E-state index in [1.165, 1.54) is 5.69 Å². The van der Waals surface area contributed by atoms with Gasteiger partial charge in [-0.15, -0.1) is 0 Å². The van der Waals surface area contributed by atoms with E-state index in [1.807, 2.05) is 19.1 Å². The van der Waals surface area contributed by atoms with Crippen LogP contribution in [0.3, 0.4) is 0 Å². The summed E-state index contributed by atoms with van der Waals surface area (Å²) in [5.74, 6) is 0. The zero-order valence-corrected chi connectivity index (χ0v) is 8.94. The third-order valence-electron chi connectivity index (χ3n) is 2.80. The number of hydrogen-bond donors (Lipinski definition) is 0. The Morgan fingerprint density at radius 2 is 2.20 bits per heavy atom. The SMILES string of the molecule is Cc1cc(N2CC=CCC2)ccc1C=O. The molecule has 0 saturated carbocycles. The molecule has 0 spiro atoms. The smallest absolute Gasteiger partial charge is 0.150 e. The number of rotatable bonds is 2. The molecule has 0 aromatic heterocycles. The minimum Gasteiger partial charge on any atom is -0.367 e. The lowest BCUT2D eigenvalue weighted by atomic mass is 10.1. The molecule has 2 rings (SSSR count). The highest BCUT2D eigenvalue weighted by atomic mass is 16.1. The minimum absolute atomic E-state index is 0.784. The Kier molecular flexibility index (Phi) is 2.86. The third kappa shape index (κ3) is 2.09. The second kappa shape index (κ2) is 4.30. The summed E-state index contributed by atoms with van der Waals surface area (Å²) in [4.78, 5) is 13.0. The average Bonchev–Trinajstić information content (AvgIpc) is 2.30. The van der Waals surface area contributed by atoms with E-state index in [9.17, 15) is 4.79 Å². The zero-order valence-electron chi connectivity index (χ0n) is 8.94. The number of carbonyl (C=O) groups excluding carboxylic acids is 1. The van der Waals surface area contributed by atoms with Crippen LogP contribution in [0, 0.1) is 6.92 Å². The lowest BCUT2D eigenvalue weighted by molar-refractivity contribution is 0.112. The van der Waals surface area contributed by atoms with Crippen molar-refractivity contribution in [2.75, 3.05) is 18.0 Å². The second-order valence-electron chi connectivity index (χ2n) is 3.86. The van der Waals surface area contributed by atoms with Crippen molar-refractivity contribution >= 4 is 12.0 Å². The van der Waals surface area contributed by atoms with Crippen molar-refractivity contribution in [3.63, 3.8) is 0 Å². The topological polar surface area (TPSA) is 20.3 Å². The first-order valence-corrected chi connectivity index (χ1v) is 5.27. The van der Waals surface area contributed by atoms with E-state index in [4.69, 9.17) is 0 Å². The van der Waals surface area contributed by atoms with Crippen LogP contribution in [0.1, 0.15) is 22.3 Å². The van der Waals surface area contributed by atoms with Crippen molar-refractivity contribution in [3.05, 3.63) is 41.5 Å². The molecule has 0 amide bonds. The molecule has 2 heteroatoms. The first kappa shape index (κ1) is 9.97. The molecule has 1 aliphatic heterocycles. The van der Waals surface area contributed by atoms with E-state index in [0.29, 0.717) is 0 Å². The van der Waals surface area contributed by atoms with Gasteiger partial charge in [0.1, 0.15) is 6.29 Å². The molecule has 78 valence electrons. The van der Waals surface area contributed by atoms with Crippen LogP contribution < -0.4 is 4.90 Å². The van der Waals surface area contributed by atoms with Crippen LogP contribution in [0.5, 0.6) is 0 Å². The van der Waals surface area contributed by atoms with Crippen LogP contribution in [-0.4, -0.2) is 19.4 Å². The molecule has 1 aromatic rings. The van der Waals surface area contributed by atoms with Crippen molar-refractivity contribution in [1.82, 2.24) is 0 Å². The highest BCUT2D eigenvalue weighted by molar-refractivity contribution is 5.78. The highest BCUT2D eigenvalue weighted by Gasteiger charge is 2.08. The maximum atomic E-state index is 10.7. The van der Waals surface area contributed by atoms with E-state index in [0.717, 1.165) is 36.9 Å². The lowest BCUT2D eigenvalue weighted by Gasteiger charge is -2.26. The van der Waals surface area contributed by atoms with E-state index in [-0.39, 0.29) is 0 Å². The van der Waals surface area contributed by atoms with E-state index in [2.05, 4.69) is 23.1 Å². The first-order valence-electron chi connectivity index (χ1n) is 5.27. The van der Waals surface area contributed by atoms with Crippen molar-refractivity contribution in [2.45, 2.75) is 13.3 Å². The summed E-state index contributed by atoms with van der Waals surface area (Å²) >= 11 is 0. The van der Waals surface area contributed by atoms with Crippen molar-refractivity contribution in [3.8, 4) is 0 Å². The quantitative estimate of drug-likeness (QED) is 0.541. The molecule has 2 nitrogen and oxygen atoms in total. The monoisotopic (exact) mass is 201 g/mol. The maximum absolute atomic E-state index is 10.7. The number of aryl methyl sites for hydroxylation is 1. The van der Waals surface area contributed by atoms with E-state index < -0.39 is 0 Å². The average molecular weight is 201 g/mol.